The van der Waals surface area contributed by atoms with Crippen LogP contribution in [0, 0.1) is 6.92 Å². The molecule has 3 aromatic rings. The molecule has 140 valence electrons. The van der Waals surface area contributed by atoms with Gasteiger partial charge >= 0.3 is 0 Å². The minimum atomic E-state index is -0.206. The molecule has 1 aromatic heterocycles. The summed E-state index contributed by atoms with van der Waals surface area (Å²) in [7, 11) is 4.54. The molecular formula is C20H20N2O4S. The lowest BCUT2D eigenvalue weighted by atomic mass is 9.96. The molecule has 2 aromatic carbocycles. The second-order valence-corrected chi connectivity index (χ2v) is 6.86. The Balaban J connectivity index is 2.15. The molecule has 2 N–H and O–H groups in total. The molecule has 0 unspecified atom stereocenters. The van der Waals surface area contributed by atoms with Gasteiger partial charge < -0.3 is 19.9 Å². The van der Waals surface area contributed by atoms with Crippen LogP contribution in [-0.2, 0) is 0 Å². The van der Waals surface area contributed by atoms with E-state index in [2.05, 4.69) is 4.98 Å². The minimum Gasteiger partial charge on any atom is -0.493 e. The smallest absolute Gasteiger partial charge is 0.203 e. The third kappa shape index (κ3) is 3.59. The highest BCUT2D eigenvalue weighted by atomic mass is 32.1. The van der Waals surface area contributed by atoms with Crippen LogP contribution in [0.3, 0.4) is 0 Å². The number of nitrogen functional groups attached to an aromatic ring is 1. The minimum absolute atomic E-state index is 0.206. The zero-order valence-electron chi connectivity index (χ0n) is 15.5. The van der Waals surface area contributed by atoms with Crippen LogP contribution in [0.25, 0.3) is 11.3 Å². The lowest BCUT2D eigenvalue weighted by Gasteiger charge is -2.14. The first-order valence-electron chi connectivity index (χ1n) is 8.15. The Hall–Kier alpha value is -3.06. The number of carbonyl (C=O) groups excluding carboxylic acids is 1. The summed E-state index contributed by atoms with van der Waals surface area (Å²) in [5.41, 5.74) is 8.79. The number of nitrogens with two attached hydrogens (primary N) is 1. The van der Waals surface area contributed by atoms with Gasteiger partial charge in [0.05, 0.1) is 32.0 Å². The number of aryl methyl sites for hydroxylation is 1. The molecule has 0 fully saturated rings. The molecule has 0 saturated carbocycles. The number of methoxy groups -OCH3 is 3. The molecule has 0 spiro atoms. The van der Waals surface area contributed by atoms with Crippen molar-refractivity contribution >= 4 is 22.8 Å². The lowest BCUT2D eigenvalue weighted by molar-refractivity contribution is 0.103. The van der Waals surface area contributed by atoms with Crippen LogP contribution < -0.4 is 19.9 Å². The van der Waals surface area contributed by atoms with Crippen LogP contribution >= 0.6 is 11.3 Å². The van der Waals surface area contributed by atoms with Crippen molar-refractivity contribution in [2.75, 3.05) is 27.1 Å². The van der Waals surface area contributed by atoms with Gasteiger partial charge in [-0.2, -0.15) is 0 Å². The highest BCUT2D eigenvalue weighted by Crippen LogP contribution is 2.39. The quantitative estimate of drug-likeness (QED) is 0.512. The molecule has 0 radical (unpaired) electrons. The summed E-state index contributed by atoms with van der Waals surface area (Å²) >= 11 is 1.53. The van der Waals surface area contributed by atoms with Crippen LogP contribution in [0.1, 0.15) is 20.9 Å². The van der Waals surface area contributed by atoms with E-state index in [0.29, 0.717) is 34.1 Å². The fourth-order valence-electron chi connectivity index (χ4n) is 2.83. The molecule has 7 heteroatoms. The Morgan fingerprint density at radius 3 is 2.22 bits per heavy atom. The number of nitrogens with zero attached hydrogens (tertiary/aromatic N) is 1. The number of hydrogen-bond donors (Lipinski definition) is 1. The largest absolute Gasteiger partial charge is 0.493 e. The average Bonchev–Trinajstić information content (AvgIpc) is 3.12. The molecule has 0 aliphatic carbocycles. The highest BCUT2D eigenvalue weighted by molar-refractivity contribution is 7.09. The SMILES string of the molecule is COc1cc(C(=O)c2cc(N)ccc2-c2csc(C)n2)cc(OC)c1OC. The summed E-state index contributed by atoms with van der Waals surface area (Å²) < 4.78 is 16.0. The first-order chi connectivity index (χ1) is 13.0. The zero-order chi connectivity index (χ0) is 19.6. The Morgan fingerprint density at radius 2 is 1.70 bits per heavy atom. The van der Waals surface area contributed by atoms with E-state index in [1.807, 2.05) is 18.4 Å². The molecular weight excluding hydrogens is 364 g/mol. The first kappa shape index (κ1) is 18.7. The van der Waals surface area contributed by atoms with E-state index in [4.69, 9.17) is 19.9 Å². The van der Waals surface area contributed by atoms with Crippen molar-refractivity contribution in [1.29, 1.82) is 0 Å². The van der Waals surface area contributed by atoms with Crippen molar-refractivity contribution in [1.82, 2.24) is 4.98 Å². The standard InChI is InChI=1S/C20H20N2O4S/c1-11-22-16(10-27-11)14-6-5-13(21)9-15(14)19(23)12-7-17(24-2)20(26-4)18(8-12)25-3/h5-10H,21H2,1-4H3. The van der Waals surface area contributed by atoms with Gasteiger partial charge in [-0.15, -0.1) is 11.3 Å². The van der Waals surface area contributed by atoms with E-state index in [0.717, 1.165) is 16.3 Å². The van der Waals surface area contributed by atoms with Crippen LogP contribution in [0.15, 0.2) is 35.7 Å². The summed E-state index contributed by atoms with van der Waals surface area (Å²) in [5, 5.41) is 2.85. The summed E-state index contributed by atoms with van der Waals surface area (Å²) in [6, 6.07) is 8.49. The Bertz CT molecular complexity index is 972. The first-order valence-corrected chi connectivity index (χ1v) is 9.03. The molecule has 1 heterocycles. The molecule has 27 heavy (non-hydrogen) atoms. The van der Waals surface area contributed by atoms with Gasteiger partial charge in [0.15, 0.2) is 17.3 Å². The number of ether oxygens (including phenoxy) is 3. The van der Waals surface area contributed by atoms with Crippen molar-refractivity contribution in [3.63, 3.8) is 0 Å². The van der Waals surface area contributed by atoms with E-state index in [1.165, 1.54) is 32.7 Å². The van der Waals surface area contributed by atoms with E-state index in [-0.39, 0.29) is 5.78 Å². The van der Waals surface area contributed by atoms with Crippen LogP contribution in [0.2, 0.25) is 0 Å². The average molecular weight is 384 g/mol. The van der Waals surface area contributed by atoms with Crippen molar-refractivity contribution in [2.24, 2.45) is 0 Å². The van der Waals surface area contributed by atoms with E-state index < -0.39 is 0 Å². The fraction of sp³-hybridized carbons (Fsp3) is 0.200. The number of benzene rings is 2. The molecule has 0 saturated heterocycles. The maximum Gasteiger partial charge on any atom is 0.203 e. The van der Waals surface area contributed by atoms with Gasteiger partial charge in [0.2, 0.25) is 5.75 Å². The number of aromatic nitrogens is 1. The van der Waals surface area contributed by atoms with Crippen molar-refractivity contribution in [2.45, 2.75) is 6.92 Å². The summed E-state index contributed by atoms with van der Waals surface area (Å²) in [6.45, 7) is 1.92. The van der Waals surface area contributed by atoms with Crippen molar-refractivity contribution in [3.8, 4) is 28.5 Å². The molecule has 6 nitrogen and oxygen atoms in total. The molecule has 3 rings (SSSR count). The molecule has 0 amide bonds. The summed E-state index contributed by atoms with van der Waals surface area (Å²) in [5.74, 6) is 1.05. The Labute approximate surface area is 161 Å². The normalized spacial score (nSPS) is 10.5. The number of rotatable bonds is 6. The summed E-state index contributed by atoms with van der Waals surface area (Å²) in [6.07, 6.45) is 0. The summed E-state index contributed by atoms with van der Waals surface area (Å²) in [4.78, 5) is 17.8. The highest BCUT2D eigenvalue weighted by Gasteiger charge is 2.21. The van der Waals surface area contributed by atoms with E-state index in [1.54, 1.807) is 24.3 Å². The second-order valence-electron chi connectivity index (χ2n) is 5.80. The van der Waals surface area contributed by atoms with Crippen LogP contribution in [0.5, 0.6) is 17.2 Å². The predicted molar refractivity (Wildman–Crippen MR) is 106 cm³/mol. The van der Waals surface area contributed by atoms with Gasteiger partial charge in [-0.3, -0.25) is 4.79 Å². The molecule has 0 aliphatic rings. The lowest BCUT2D eigenvalue weighted by Crippen LogP contribution is -2.07. The second kappa shape index (κ2) is 7.67. The maximum absolute atomic E-state index is 13.3. The molecule has 0 bridgehead atoms. The van der Waals surface area contributed by atoms with Crippen LogP contribution in [0.4, 0.5) is 5.69 Å². The molecule has 0 atom stereocenters. The van der Waals surface area contributed by atoms with Gasteiger partial charge in [-0.25, -0.2) is 4.98 Å². The van der Waals surface area contributed by atoms with E-state index in [9.17, 15) is 4.79 Å². The van der Waals surface area contributed by atoms with Crippen LogP contribution in [-0.4, -0.2) is 32.1 Å². The van der Waals surface area contributed by atoms with Crippen molar-refractivity contribution in [3.05, 3.63) is 51.8 Å². The van der Waals surface area contributed by atoms with Crippen molar-refractivity contribution < 1.29 is 19.0 Å². The predicted octanol–water partition coefficient (Wildman–Crippen LogP) is 3.96. The number of thiazole rings is 1. The third-order valence-corrected chi connectivity index (χ3v) is 4.88. The number of ketones is 1. The number of carbonyl (C=O) groups is 1. The zero-order valence-corrected chi connectivity index (χ0v) is 16.3. The third-order valence-electron chi connectivity index (χ3n) is 4.11. The fourth-order valence-corrected chi connectivity index (χ4v) is 3.44. The topological polar surface area (TPSA) is 83.7 Å². The van der Waals surface area contributed by atoms with Gasteiger partial charge in [0, 0.05) is 27.8 Å². The van der Waals surface area contributed by atoms with E-state index >= 15 is 0 Å². The Morgan fingerprint density at radius 1 is 1.04 bits per heavy atom. The molecule has 0 aliphatic heterocycles. The Kier molecular flexibility index (Phi) is 5.32. The van der Waals surface area contributed by atoms with Gasteiger partial charge in [-0.05, 0) is 37.3 Å². The van der Waals surface area contributed by atoms with Gasteiger partial charge in [0.1, 0.15) is 0 Å². The monoisotopic (exact) mass is 384 g/mol. The number of anilines is 1. The maximum atomic E-state index is 13.3. The van der Waals surface area contributed by atoms with Gasteiger partial charge in [-0.1, -0.05) is 0 Å². The number of hydrogen-bond acceptors (Lipinski definition) is 7. The van der Waals surface area contributed by atoms with Gasteiger partial charge in [0.25, 0.3) is 0 Å².